The molecule has 0 aromatic carbocycles. The normalized spacial score (nSPS) is 14.1. The number of hydrogen-bond donors (Lipinski definition) is 0. The largest absolute Gasteiger partial charge is 0.444 e. The summed E-state index contributed by atoms with van der Waals surface area (Å²) in [7, 11) is 1.73. The van der Waals surface area contributed by atoms with Gasteiger partial charge in [0.2, 0.25) is 0 Å². The smallest absolute Gasteiger partial charge is 0.410 e. The van der Waals surface area contributed by atoms with Crippen molar-refractivity contribution < 1.29 is 14.5 Å². The van der Waals surface area contributed by atoms with Crippen molar-refractivity contribution in [3.63, 3.8) is 0 Å². The SMILES string of the molecule is CCN(CCN(C)C(=O)OC(C)(C)C)Cc1cnc2sc(C3=CCC=CC=C3[N+](=O)[O-])nc2c1. The fraction of sp³-hybridized carbons (Fsp3) is 0.458. The highest BCUT2D eigenvalue weighted by molar-refractivity contribution is 7.19. The highest BCUT2D eigenvalue weighted by Gasteiger charge is 2.23. The number of rotatable bonds is 8. The average molecular weight is 486 g/mol. The van der Waals surface area contributed by atoms with Crippen molar-refractivity contribution in [3.05, 3.63) is 62.9 Å². The van der Waals surface area contributed by atoms with Crippen molar-refractivity contribution in [2.24, 2.45) is 0 Å². The zero-order chi connectivity index (χ0) is 24.9. The Hall–Kier alpha value is -3.11. The molecule has 0 bridgehead atoms. The fourth-order valence-corrected chi connectivity index (χ4v) is 4.31. The van der Waals surface area contributed by atoms with E-state index in [2.05, 4.69) is 21.8 Å². The van der Waals surface area contributed by atoms with Crippen molar-refractivity contribution in [1.82, 2.24) is 19.8 Å². The quantitative estimate of drug-likeness (QED) is 0.388. The zero-order valence-corrected chi connectivity index (χ0v) is 21.1. The van der Waals surface area contributed by atoms with Crippen LogP contribution in [0.15, 0.2) is 42.3 Å². The van der Waals surface area contributed by atoms with Gasteiger partial charge < -0.3 is 9.64 Å². The van der Waals surface area contributed by atoms with Gasteiger partial charge >= 0.3 is 6.09 Å². The van der Waals surface area contributed by atoms with Gasteiger partial charge in [0.05, 0.1) is 10.5 Å². The van der Waals surface area contributed by atoms with E-state index in [9.17, 15) is 14.9 Å². The summed E-state index contributed by atoms with van der Waals surface area (Å²) in [5.74, 6) is 0. The first-order valence-corrected chi connectivity index (χ1v) is 12.0. The predicted octanol–water partition coefficient (Wildman–Crippen LogP) is 4.88. The van der Waals surface area contributed by atoms with Gasteiger partial charge in [-0.2, -0.15) is 0 Å². The molecule has 10 heteroatoms. The van der Waals surface area contributed by atoms with Crippen LogP contribution in [-0.2, 0) is 11.3 Å². The molecule has 1 amide bonds. The number of carbonyl (C=O) groups excluding carboxylic acids is 1. The highest BCUT2D eigenvalue weighted by Crippen LogP contribution is 2.32. The number of thiazole rings is 1. The van der Waals surface area contributed by atoms with Gasteiger partial charge in [0.15, 0.2) is 0 Å². The van der Waals surface area contributed by atoms with Gasteiger partial charge in [-0.25, -0.2) is 14.8 Å². The van der Waals surface area contributed by atoms with Gasteiger partial charge in [0.25, 0.3) is 5.70 Å². The van der Waals surface area contributed by atoms with Crippen LogP contribution in [0.4, 0.5) is 4.79 Å². The van der Waals surface area contributed by atoms with E-state index >= 15 is 0 Å². The third kappa shape index (κ3) is 6.71. The van der Waals surface area contributed by atoms with Crippen LogP contribution in [0.3, 0.4) is 0 Å². The van der Waals surface area contributed by atoms with E-state index in [0.717, 1.165) is 22.5 Å². The first-order valence-electron chi connectivity index (χ1n) is 11.2. The second-order valence-electron chi connectivity index (χ2n) is 9.05. The molecule has 9 nitrogen and oxygen atoms in total. The Kier molecular flexibility index (Phi) is 8.16. The highest BCUT2D eigenvalue weighted by atomic mass is 32.1. The third-order valence-electron chi connectivity index (χ3n) is 5.17. The number of nitrogens with zero attached hydrogens (tertiary/aromatic N) is 5. The molecule has 0 saturated heterocycles. The van der Waals surface area contributed by atoms with E-state index in [1.54, 1.807) is 18.0 Å². The minimum Gasteiger partial charge on any atom is -0.444 e. The van der Waals surface area contributed by atoms with E-state index in [0.29, 0.717) is 36.6 Å². The number of ether oxygens (including phenoxy) is 1. The lowest BCUT2D eigenvalue weighted by Gasteiger charge is -2.27. The van der Waals surface area contributed by atoms with E-state index in [-0.39, 0.29) is 16.7 Å². The molecule has 0 fully saturated rings. The predicted molar refractivity (Wildman–Crippen MR) is 134 cm³/mol. The molecular formula is C24H31N5O4S. The van der Waals surface area contributed by atoms with Crippen LogP contribution in [-0.4, -0.2) is 63.1 Å². The summed E-state index contributed by atoms with van der Waals surface area (Å²) < 4.78 is 5.41. The summed E-state index contributed by atoms with van der Waals surface area (Å²) >= 11 is 1.35. The molecular weight excluding hydrogens is 454 g/mol. The first kappa shape index (κ1) is 25.5. The molecule has 0 unspecified atom stereocenters. The maximum atomic E-state index is 12.2. The maximum absolute atomic E-state index is 12.2. The third-order valence-corrected chi connectivity index (χ3v) is 6.18. The minimum absolute atomic E-state index is 0.0410. The van der Waals surface area contributed by atoms with Crippen molar-refractivity contribution in [3.8, 4) is 0 Å². The van der Waals surface area contributed by atoms with E-state index in [1.807, 2.05) is 45.2 Å². The number of pyridine rings is 1. The number of fused-ring (bicyclic) bond motifs is 1. The molecule has 1 aliphatic carbocycles. The first-order chi connectivity index (χ1) is 16.1. The molecule has 34 heavy (non-hydrogen) atoms. The molecule has 0 saturated carbocycles. The molecule has 2 aromatic rings. The van der Waals surface area contributed by atoms with E-state index < -0.39 is 5.60 Å². The summed E-state index contributed by atoms with van der Waals surface area (Å²) in [4.78, 5) is 37.1. The van der Waals surface area contributed by atoms with Crippen molar-refractivity contribution in [1.29, 1.82) is 0 Å². The molecule has 0 aliphatic heterocycles. The molecule has 2 aromatic heterocycles. The number of likely N-dealkylation sites (N-methyl/N-ethyl adjacent to an activating group) is 2. The maximum Gasteiger partial charge on any atom is 0.410 e. The van der Waals surface area contributed by atoms with Gasteiger partial charge in [-0.05, 0) is 45.4 Å². The Morgan fingerprint density at radius 2 is 2.09 bits per heavy atom. The van der Waals surface area contributed by atoms with Crippen molar-refractivity contribution in [2.45, 2.75) is 46.3 Å². The lowest BCUT2D eigenvalue weighted by Crippen LogP contribution is -2.39. The van der Waals surface area contributed by atoms with Crippen LogP contribution in [0.1, 0.15) is 44.7 Å². The van der Waals surface area contributed by atoms with Crippen LogP contribution in [0.2, 0.25) is 0 Å². The Balaban J connectivity index is 1.70. The second-order valence-corrected chi connectivity index (χ2v) is 10.0. The lowest BCUT2D eigenvalue weighted by molar-refractivity contribution is -0.416. The molecule has 0 spiro atoms. The fourth-order valence-electron chi connectivity index (χ4n) is 3.37. The molecule has 182 valence electrons. The Labute approximate surface area is 203 Å². The number of carbonyl (C=O) groups is 1. The topological polar surface area (TPSA) is 102 Å². The summed E-state index contributed by atoms with van der Waals surface area (Å²) in [6.45, 7) is 10.3. The van der Waals surface area contributed by atoms with Crippen LogP contribution in [0, 0.1) is 10.1 Å². The lowest BCUT2D eigenvalue weighted by atomic mass is 10.2. The summed E-state index contributed by atoms with van der Waals surface area (Å²) in [6.07, 6.45) is 9.00. The molecule has 0 radical (unpaired) electrons. The van der Waals surface area contributed by atoms with Crippen LogP contribution >= 0.6 is 11.3 Å². The summed E-state index contributed by atoms with van der Waals surface area (Å²) in [5.41, 5.74) is 1.76. The van der Waals surface area contributed by atoms with Crippen LogP contribution in [0.25, 0.3) is 15.9 Å². The van der Waals surface area contributed by atoms with Gasteiger partial charge in [0.1, 0.15) is 21.0 Å². The second kappa shape index (κ2) is 10.9. The Morgan fingerprint density at radius 1 is 1.32 bits per heavy atom. The van der Waals surface area contributed by atoms with E-state index in [4.69, 9.17) is 4.74 Å². The van der Waals surface area contributed by atoms with Crippen molar-refractivity contribution in [2.75, 3.05) is 26.7 Å². The standard InChI is InChI=1S/C24H31N5O4S/c1-6-28(13-12-27(5)23(30)33-24(2,3)4)16-17-14-19-22(25-15-17)34-21(26-19)18-10-8-7-9-11-20(18)29(31)32/h7,9-11,14-15H,6,8,12-13,16H2,1-5H3. The Morgan fingerprint density at radius 3 is 2.76 bits per heavy atom. The monoisotopic (exact) mass is 485 g/mol. The average Bonchev–Trinajstić information content (AvgIpc) is 3.01. The summed E-state index contributed by atoms with van der Waals surface area (Å²) in [5, 5.41) is 12.1. The Bertz CT molecular complexity index is 1150. The van der Waals surface area contributed by atoms with E-state index in [1.165, 1.54) is 17.4 Å². The van der Waals surface area contributed by atoms with Gasteiger partial charge in [-0.15, -0.1) is 0 Å². The van der Waals surface area contributed by atoms with Crippen LogP contribution < -0.4 is 0 Å². The number of amides is 1. The van der Waals surface area contributed by atoms with Gasteiger partial charge in [-0.1, -0.05) is 36.5 Å². The molecule has 1 aliphatic rings. The summed E-state index contributed by atoms with van der Waals surface area (Å²) in [6, 6.07) is 1.98. The zero-order valence-electron chi connectivity index (χ0n) is 20.3. The molecule has 2 heterocycles. The van der Waals surface area contributed by atoms with Gasteiger partial charge in [-0.3, -0.25) is 15.0 Å². The number of nitro groups is 1. The number of hydrogen-bond acceptors (Lipinski definition) is 8. The number of aromatic nitrogens is 2. The molecule has 3 rings (SSSR count). The number of allylic oxidation sites excluding steroid dienone is 5. The van der Waals surface area contributed by atoms with Crippen LogP contribution in [0.5, 0.6) is 0 Å². The molecule has 0 atom stereocenters. The molecule has 0 N–H and O–H groups in total. The van der Waals surface area contributed by atoms with Crippen molar-refractivity contribution >= 4 is 33.4 Å². The minimum atomic E-state index is -0.525. The van der Waals surface area contributed by atoms with Gasteiger partial charge in [0, 0.05) is 39.0 Å².